The van der Waals surface area contributed by atoms with Crippen molar-refractivity contribution in [3.05, 3.63) is 24.3 Å². The Kier molecular flexibility index (Phi) is 4.10. The lowest BCUT2D eigenvalue weighted by Crippen LogP contribution is -2.43. The molecule has 1 fully saturated rings. The van der Waals surface area contributed by atoms with E-state index in [9.17, 15) is 4.79 Å². The molecule has 0 radical (unpaired) electrons. The monoisotopic (exact) mass is 261 g/mol. The molecule has 1 saturated heterocycles. The molecule has 0 atom stereocenters. The van der Waals surface area contributed by atoms with Gasteiger partial charge in [-0.05, 0) is 18.2 Å². The number of amides is 1. The Morgan fingerprint density at radius 2 is 1.95 bits per heavy atom. The van der Waals surface area contributed by atoms with Gasteiger partial charge in [-0.2, -0.15) is 0 Å². The molecule has 0 unspecified atom stereocenters. The second kappa shape index (κ2) is 5.61. The van der Waals surface area contributed by atoms with Gasteiger partial charge in [-0.25, -0.2) is 0 Å². The van der Waals surface area contributed by atoms with E-state index >= 15 is 0 Å². The number of piperazine rings is 1. The van der Waals surface area contributed by atoms with E-state index in [1.165, 1.54) is 5.69 Å². The van der Waals surface area contributed by atoms with Gasteiger partial charge >= 0.3 is 0 Å². The lowest BCUT2D eigenvalue weighted by molar-refractivity contribution is -0.123. The maximum Gasteiger partial charge on any atom is 0.229 e. The summed E-state index contributed by atoms with van der Waals surface area (Å²) in [6.45, 7) is 9.80. The largest absolute Gasteiger partial charge is 0.369 e. The van der Waals surface area contributed by atoms with Crippen molar-refractivity contribution >= 4 is 17.3 Å². The fraction of sp³-hybridized carbons (Fsp3) is 0.533. The molecule has 1 aromatic rings. The molecule has 0 aliphatic carbocycles. The first-order chi connectivity index (χ1) is 8.97. The third-order valence-electron chi connectivity index (χ3n) is 3.27. The molecule has 1 aliphatic heterocycles. The van der Waals surface area contributed by atoms with Crippen LogP contribution >= 0.6 is 0 Å². The van der Waals surface area contributed by atoms with Crippen LogP contribution in [0.5, 0.6) is 0 Å². The molecule has 4 heteroatoms. The zero-order valence-corrected chi connectivity index (χ0v) is 12.0. The first-order valence-corrected chi connectivity index (χ1v) is 6.84. The topological polar surface area (TPSA) is 44.4 Å². The van der Waals surface area contributed by atoms with E-state index in [2.05, 4.69) is 27.7 Å². The van der Waals surface area contributed by atoms with Crippen molar-refractivity contribution in [3.8, 4) is 0 Å². The highest BCUT2D eigenvalue weighted by Gasteiger charge is 2.21. The number of anilines is 2. The maximum absolute atomic E-state index is 12.0. The molecular weight excluding hydrogens is 238 g/mol. The fourth-order valence-corrected chi connectivity index (χ4v) is 2.02. The summed E-state index contributed by atoms with van der Waals surface area (Å²) in [5.74, 6) is 0.0463. The number of hydrogen-bond acceptors (Lipinski definition) is 3. The van der Waals surface area contributed by atoms with Crippen molar-refractivity contribution in [3.63, 3.8) is 0 Å². The Balaban J connectivity index is 2.08. The average molecular weight is 261 g/mol. The van der Waals surface area contributed by atoms with Gasteiger partial charge in [-0.1, -0.05) is 26.8 Å². The van der Waals surface area contributed by atoms with Gasteiger partial charge in [0, 0.05) is 43.0 Å². The van der Waals surface area contributed by atoms with Gasteiger partial charge in [0.15, 0.2) is 0 Å². The number of benzene rings is 1. The Morgan fingerprint density at radius 3 is 2.58 bits per heavy atom. The van der Waals surface area contributed by atoms with Crippen LogP contribution in [0, 0.1) is 5.41 Å². The van der Waals surface area contributed by atoms with Crippen LogP contribution in [0.4, 0.5) is 11.4 Å². The first-order valence-electron chi connectivity index (χ1n) is 6.84. The summed E-state index contributed by atoms with van der Waals surface area (Å²) in [5.41, 5.74) is 1.68. The molecule has 2 N–H and O–H groups in total. The van der Waals surface area contributed by atoms with Crippen LogP contribution in [-0.2, 0) is 4.79 Å². The fourth-order valence-electron chi connectivity index (χ4n) is 2.02. The van der Waals surface area contributed by atoms with Crippen molar-refractivity contribution in [2.75, 3.05) is 36.4 Å². The molecule has 0 aromatic heterocycles. The third kappa shape index (κ3) is 3.70. The van der Waals surface area contributed by atoms with Gasteiger partial charge in [-0.15, -0.1) is 0 Å². The van der Waals surface area contributed by atoms with Crippen LogP contribution < -0.4 is 15.5 Å². The van der Waals surface area contributed by atoms with E-state index in [0.29, 0.717) is 0 Å². The van der Waals surface area contributed by atoms with Crippen LogP contribution in [0.3, 0.4) is 0 Å². The smallest absolute Gasteiger partial charge is 0.229 e. The molecule has 0 spiro atoms. The summed E-state index contributed by atoms with van der Waals surface area (Å²) in [4.78, 5) is 14.3. The molecule has 1 aliphatic rings. The van der Waals surface area contributed by atoms with Gasteiger partial charge in [-0.3, -0.25) is 4.79 Å². The number of hydrogen-bond donors (Lipinski definition) is 2. The highest BCUT2D eigenvalue weighted by Crippen LogP contribution is 2.22. The number of carbonyl (C=O) groups is 1. The van der Waals surface area contributed by atoms with Gasteiger partial charge in [0.25, 0.3) is 0 Å². The van der Waals surface area contributed by atoms with Gasteiger partial charge in [0.05, 0.1) is 0 Å². The Morgan fingerprint density at radius 1 is 1.26 bits per heavy atom. The summed E-state index contributed by atoms with van der Waals surface area (Å²) in [6.07, 6.45) is 0. The van der Waals surface area contributed by atoms with Crippen LogP contribution in [0.15, 0.2) is 24.3 Å². The second-order valence-electron chi connectivity index (χ2n) is 5.99. The lowest BCUT2D eigenvalue weighted by atomic mass is 9.95. The summed E-state index contributed by atoms with van der Waals surface area (Å²) in [6, 6.07) is 8.08. The van der Waals surface area contributed by atoms with E-state index in [1.54, 1.807) is 0 Å². The van der Waals surface area contributed by atoms with Crippen LogP contribution in [0.2, 0.25) is 0 Å². The standard InChI is InChI=1S/C15H23N3O/c1-15(2,3)14(19)17-12-5-4-6-13(11-12)18-9-7-16-8-10-18/h4-6,11,16H,7-10H2,1-3H3,(H,17,19). The van der Waals surface area contributed by atoms with Gasteiger partial charge < -0.3 is 15.5 Å². The maximum atomic E-state index is 12.0. The van der Waals surface area contributed by atoms with Crippen molar-refractivity contribution < 1.29 is 4.79 Å². The Labute approximate surface area is 115 Å². The summed E-state index contributed by atoms with van der Waals surface area (Å²) < 4.78 is 0. The minimum absolute atomic E-state index is 0.0463. The minimum Gasteiger partial charge on any atom is -0.369 e. The summed E-state index contributed by atoms with van der Waals surface area (Å²) in [7, 11) is 0. The van der Waals surface area contributed by atoms with Gasteiger partial charge in [0.1, 0.15) is 0 Å². The highest BCUT2D eigenvalue weighted by atomic mass is 16.2. The summed E-state index contributed by atoms with van der Waals surface area (Å²) >= 11 is 0. The van der Waals surface area contributed by atoms with Crippen molar-refractivity contribution in [1.29, 1.82) is 0 Å². The Hall–Kier alpha value is -1.55. The van der Waals surface area contributed by atoms with E-state index in [4.69, 9.17) is 0 Å². The normalized spacial score (nSPS) is 16.3. The van der Waals surface area contributed by atoms with Crippen molar-refractivity contribution in [1.82, 2.24) is 5.32 Å². The number of nitrogens with one attached hydrogen (secondary N) is 2. The quantitative estimate of drug-likeness (QED) is 0.856. The predicted molar refractivity (Wildman–Crippen MR) is 79.6 cm³/mol. The Bertz CT molecular complexity index is 445. The number of nitrogens with zero attached hydrogens (tertiary/aromatic N) is 1. The number of rotatable bonds is 2. The molecule has 0 saturated carbocycles. The van der Waals surface area contributed by atoms with E-state index in [1.807, 2.05) is 32.9 Å². The predicted octanol–water partition coefficient (Wildman–Crippen LogP) is 2.08. The average Bonchev–Trinajstić information content (AvgIpc) is 2.39. The van der Waals surface area contributed by atoms with Crippen molar-refractivity contribution in [2.24, 2.45) is 5.41 Å². The van der Waals surface area contributed by atoms with E-state index in [0.717, 1.165) is 31.9 Å². The minimum atomic E-state index is -0.370. The SMILES string of the molecule is CC(C)(C)C(=O)Nc1cccc(N2CCNCC2)c1. The number of carbonyl (C=O) groups excluding carboxylic acids is 1. The molecule has 1 amide bonds. The highest BCUT2D eigenvalue weighted by molar-refractivity contribution is 5.94. The second-order valence-corrected chi connectivity index (χ2v) is 5.99. The van der Waals surface area contributed by atoms with Gasteiger partial charge in [0.2, 0.25) is 5.91 Å². The molecule has 1 aromatic carbocycles. The molecule has 2 rings (SSSR count). The molecule has 4 nitrogen and oxygen atoms in total. The molecule has 0 bridgehead atoms. The van der Waals surface area contributed by atoms with Crippen LogP contribution in [-0.4, -0.2) is 32.1 Å². The first kappa shape index (κ1) is 13.9. The van der Waals surface area contributed by atoms with Crippen molar-refractivity contribution in [2.45, 2.75) is 20.8 Å². The van der Waals surface area contributed by atoms with E-state index in [-0.39, 0.29) is 11.3 Å². The molecule has 19 heavy (non-hydrogen) atoms. The third-order valence-corrected chi connectivity index (χ3v) is 3.27. The van der Waals surface area contributed by atoms with Crippen LogP contribution in [0.25, 0.3) is 0 Å². The molecule has 104 valence electrons. The molecule has 1 heterocycles. The summed E-state index contributed by atoms with van der Waals surface area (Å²) in [5, 5.41) is 6.32. The zero-order chi connectivity index (χ0) is 13.9. The van der Waals surface area contributed by atoms with E-state index < -0.39 is 0 Å². The van der Waals surface area contributed by atoms with Crippen LogP contribution in [0.1, 0.15) is 20.8 Å². The molecular formula is C15H23N3O. The zero-order valence-electron chi connectivity index (χ0n) is 12.0. The lowest BCUT2D eigenvalue weighted by Gasteiger charge is -2.29.